The molecular formula is C26H35N3O2. The van der Waals surface area contributed by atoms with E-state index in [9.17, 15) is 4.79 Å². The summed E-state index contributed by atoms with van der Waals surface area (Å²) >= 11 is 0. The van der Waals surface area contributed by atoms with Gasteiger partial charge in [0.1, 0.15) is 5.75 Å². The number of hydrogen-bond donors (Lipinski definition) is 1. The second-order valence-electron chi connectivity index (χ2n) is 8.73. The first kappa shape index (κ1) is 21.7. The van der Waals surface area contributed by atoms with E-state index in [-0.39, 0.29) is 11.9 Å². The van der Waals surface area contributed by atoms with Crippen molar-refractivity contribution in [2.45, 2.75) is 45.1 Å². The van der Waals surface area contributed by atoms with Crippen LogP contribution in [0.25, 0.3) is 0 Å². The molecule has 1 fully saturated rings. The van der Waals surface area contributed by atoms with Crippen molar-refractivity contribution in [1.82, 2.24) is 10.2 Å². The van der Waals surface area contributed by atoms with Crippen molar-refractivity contribution in [3.8, 4) is 5.75 Å². The zero-order chi connectivity index (χ0) is 21.6. The Kier molecular flexibility index (Phi) is 7.13. The number of rotatable bonds is 8. The van der Waals surface area contributed by atoms with Gasteiger partial charge in [0.05, 0.1) is 19.1 Å². The van der Waals surface area contributed by atoms with Crippen LogP contribution in [0, 0.1) is 0 Å². The highest BCUT2D eigenvalue weighted by Gasteiger charge is 2.25. The van der Waals surface area contributed by atoms with Crippen molar-refractivity contribution in [2.75, 3.05) is 44.7 Å². The van der Waals surface area contributed by atoms with Crippen molar-refractivity contribution in [2.24, 2.45) is 0 Å². The van der Waals surface area contributed by atoms with Gasteiger partial charge in [-0.15, -0.1) is 0 Å². The second-order valence-corrected chi connectivity index (χ2v) is 8.73. The molecule has 0 unspecified atom stereocenters. The molecule has 4 rings (SSSR count). The van der Waals surface area contributed by atoms with E-state index in [1.165, 1.54) is 36.1 Å². The van der Waals surface area contributed by atoms with Gasteiger partial charge < -0.3 is 15.0 Å². The van der Waals surface area contributed by atoms with Crippen LogP contribution in [0.2, 0.25) is 0 Å². The topological polar surface area (TPSA) is 44.8 Å². The molecule has 2 aliphatic rings. The average molecular weight is 422 g/mol. The number of fused-ring (bicyclic) bond motifs is 1. The van der Waals surface area contributed by atoms with E-state index in [1.54, 1.807) is 0 Å². The summed E-state index contributed by atoms with van der Waals surface area (Å²) in [5, 5.41) is 3.21. The molecule has 0 saturated carbocycles. The van der Waals surface area contributed by atoms with Gasteiger partial charge in [-0.05, 0) is 80.6 Å². The van der Waals surface area contributed by atoms with E-state index in [2.05, 4.69) is 40.4 Å². The van der Waals surface area contributed by atoms with Gasteiger partial charge in [0.25, 0.3) is 0 Å². The van der Waals surface area contributed by atoms with Crippen LogP contribution < -0.4 is 15.0 Å². The number of benzene rings is 2. The minimum absolute atomic E-state index is 0.0750. The monoisotopic (exact) mass is 421 g/mol. The molecule has 2 aliphatic heterocycles. The number of nitrogens with zero attached hydrogens (tertiary/aromatic N) is 2. The quantitative estimate of drug-likeness (QED) is 0.701. The molecule has 2 heterocycles. The molecule has 0 spiro atoms. The number of aryl methyl sites for hydroxylation is 1. The fourth-order valence-corrected chi connectivity index (χ4v) is 4.85. The maximum Gasteiger partial charge on any atom is 0.224 e. The number of anilines is 1. The molecule has 1 saturated heterocycles. The van der Waals surface area contributed by atoms with E-state index in [0.717, 1.165) is 37.4 Å². The number of amides is 1. The van der Waals surface area contributed by atoms with Gasteiger partial charge in [-0.1, -0.05) is 24.3 Å². The molecule has 1 atom stereocenters. The van der Waals surface area contributed by atoms with Gasteiger partial charge in [0.2, 0.25) is 5.91 Å². The molecule has 2 aromatic carbocycles. The molecular weight excluding hydrogens is 386 g/mol. The summed E-state index contributed by atoms with van der Waals surface area (Å²) in [7, 11) is 2.18. The smallest absolute Gasteiger partial charge is 0.224 e. The largest absolute Gasteiger partial charge is 0.494 e. The van der Waals surface area contributed by atoms with Crippen molar-refractivity contribution in [3.05, 3.63) is 59.2 Å². The van der Waals surface area contributed by atoms with Crippen LogP contribution in [0.5, 0.6) is 5.75 Å². The van der Waals surface area contributed by atoms with Crippen molar-refractivity contribution < 1.29 is 9.53 Å². The molecule has 166 valence electrons. The Morgan fingerprint density at radius 3 is 2.58 bits per heavy atom. The van der Waals surface area contributed by atoms with Crippen molar-refractivity contribution in [1.29, 1.82) is 0 Å². The summed E-state index contributed by atoms with van der Waals surface area (Å²) in [6.45, 7) is 6.62. The Hall–Kier alpha value is -2.53. The molecule has 5 nitrogen and oxygen atoms in total. The van der Waals surface area contributed by atoms with Gasteiger partial charge in [-0.25, -0.2) is 0 Å². The SMILES string of the molecule is CCOc1ccc(CC(=O)NC[C@@H](c2ccc3c(c2)CCCN3C)N2CCCC2)cc1. The molecule has 1 N–H and O–H groups in total. The molecule has 0 radical (unpaired) electrons. The highest BCUT2D eigenvalue weighted by atomic mass is 16.5. The van der Waals surface area contributed by atoms with E-state index in [1.807, 2.05) is 31.2 Å². The second kappa shape index (κ2) is 10.2. The Morgan fingerprint density at radius 1 is 1.06 bits per heavy atom. The summed E-state index contributed by atoms with van der Waals surface area (Å²) in [6.07, 6.45) is 5.23. The third kappa shape index (κ3) is 5.40. The van der Waals surface area contributed by atoms with Gasteiger partial charge in [0.15, 0.2) is 0 Å². The predicted molar refractivity (Wildman–Crippen MR) is 126 cm³/mol. The van der Waals surface area contributed by atoms with Crippen LogP contribution in [0.15, 0.2) is 42.5 Å². The fraction of sp³-hybridized carbons (Fsp3) is 0.500. The van der Waals surface area contributed by atoms with Crippen LogP contribution in [0.4, 0.5) is 5.69 Å². The Morgan fingerprint density at radius 2 is 1.84 bits per heavy atom. The first-order valence-electron chi connectivity index (χ1n) is 11.7. The van der Waals surface area contributed by atoms with E-state index in [4.69, 9.17) is 4.74 Å². The number of ether oxygens (including phenoxy) is 1. The Balaban J connectivity index is 1.42. The molecule has 1 amide bonds. The van der Waals surface area contributed by atoms with Crippen LogP contribution in [0.3, 0.4) is 0 Å². The lowest BCUT2D eigenvalue weighted by atomic mass is 9.96. The fourth-order valence-electron chi connectivity index (χ4n) is 4.85. The average Bonchev–Trinajstić information content (AvgIpc) is 3.30. The first-order chi connectivity index (χ1) is 15.1. The summed E-state index contributed by atoms with van der Waals surface area (Å²) < 4.78 is 5.49. The number of likely N-dealkylation sites (tertiary alicyclic amines) is 1. The Bertz CT molecular complexity index is 875. The third-order valence-electron chi connectivity index (χ3n) is 6.51. The van der Waals surface area contributed by atoms with Crippen molar-refractivity contribution >= 4 is 11.6 Å². The van der Waals surface area contributed by atoms with Gasteiger partial charge in [-0.3, -0.25) is 9.69 Å². The zero-order valence-electron chi connectivity index (χ0n) is 18.9. The summed E-state index contributed by atoms with van der Waals surface area (Å²) in [6, 6.07) is 15.0. The highest BCUT2D eigenvalue weighted by Crippen LogP contribution is 2.31. The number of hydrogen-bond acceptors (Lipinski definition) is 4. The molecule has 0 bridgehead atoms. The normalized spacial score (nSPS) is 17.3. The van der Waals surface area contributed by atoms with Gasteiger partial charge >= 0.3 is 0 Å². The molecule has 0 aromatic heterocycles. The number of carbonyl (C=O) groups is 1. The molecule has 5 heteroatoms. The molecule has 0 aliphatic carbocycles. The predicted octanol–water partition coefficient (Wildman–Crippen LogP) is 3.96. The number of carbonyl (C=O) groups excluding carboxylic acids is 1. The maximum atomic E-state index is 12.7. The lowest BCUT2D eigenvalue weighted by Crippen LogP contribution is -2.37. The lowest BCUT2D eigenvalue weighted by Gasteiger charge is -2.32. The van der Waals surface area contributed by atoms with Crippen LogP contribution in [-0.4, -0.2) is 50.6 Å². The maximum absolute atomic E-state index is 12.7. The van der Waals surface area contributed by atoms with E-state index < -0.39 is 0 Å². The molecule has 31 heavy (non-hydrogen) atoms. The van der Waals surface area contributed by atoms with Crippen molar-refractivity contribution in [3.63, 3.8) is 0 Å². The van der Waals surface area contributed by atoms with Crippen LogP contribution >= 0.6 is 0 Å². The van der Waals surface area contributed by atoms with E-state index in [0.29, 0.717) is 19.6 Å². The third-order valence-corrected chi connectivity index (χ3v) is 6.51. The van der Waals surface area contributed by atoms with Crippen LogP contribution in [-0.2, 0) is 17.6 Å². The van der Waals surface area contributed by atoms with Crippen LogP contribution in [0.1, 0.15) is 48.9 Å². The summed E-state index contributed by atoms with van der Waals surface area (Å²) in [4.78, 5) is 17.6. The molecule has 2 aromatic rings. The summed E-state index contributed by atoms with van der Waals surface area (Å²) in [5.41, 5.74) is 5.14. The van der Waals surface area contributed by atoms with Gasteiger partial charge in [-0.2, -0.15) is 0 Å². The van der Waals surface area contributed by atoms with Gasteiger partial charge in [0, 0.05) is 25.8 Å². The first-order valence-corrected chi connectivity index (χ1v) is 11.7. The zero-order valence-corrected chi connectivity index (χ0v) is 18.9. The standard InChI is InChI=1S/C26H35N3O2/c1-3-31-23-11-8-20(9-12-23)17-26(30)27-19-25(29-15-4-5-16-29)22-10-13-24-21(18-22)7-6-14-28(24)2/h8-13,18,25H,3-7,14-17,19H2,1-2H3,(H,27,30)/t25-/m0/s1. The minimum Gasteiger partial charge on any atom is -0.494 e. The minimum atomic E-state index is 0.0750. The summed E-state index contributed by atoms with van der Waals surface area (Å²) in [5.74, 6) is 0.921. The highest BCUT2D eigenvalue weighted by molar-refractivity contribution is 5.78. The lowest BCUT2D eigenvalue weighted by molar-refractivity contribution is -0.120. The number of nitrogens with one attached hydrogen (secondary N) is 1. The van der Waals surface area contributed by atoms with E-state index >= 15 is 0 Å². The Labute approximate surface area is 186 Å².